The van der Waals surface area contributed by atoms with E-state index in [0.29, 0.717) is 16.2 Å². The number of carbonyl (C=O) groups is 1. The monoisotopic (exact) mass is 274 g/mol. The fourth-order valence-electron chi connectivity index (χ4n) is 1.65. The Morgan fingerprint density at radius 2 is 1.84 bits per heavy atom. The largest absolute Gasteiger partial charge is 0.497 e. The summed E-state index contributed by atoms with van der Waals surface area (Å²) in [7, 11) is 0.234. The number of hydrogen-bond donors (Lipinski definition) is 0. The Labute approximate surface area is 114 Å². The minimum absolute atomic E-state index is 0.0167. The Bertz CT molecular complexity index is 593. The van der Waals surface area contributed by atoms with E-state index in [-0.39, 0.29) is 11.5 Å². The van der Waals surface area contributed by atoms with Gasteiger partial charge in [-0.2, -0.15) is 0 Å². The van der Waals surface area contributed by atoms with Gasteiger partial charge in [-0.25, -0.2) is 0 Å². The van der Waals surface area contributed by atoms with Crippen LogP contribution in [0.4, 0.5) is 0 Å². The Balaban J connectivity index is 2.11. The molecule has 0 aromatic heterocycles. The lowest BCUT2D eigenvalue weighted by molar-refractivity contribution is 0.102. The average molecular weight is 274 g/mol. The Kier molecular flexibility index (Phi) is 4.47. The molecule has 4 heteroatoms. The minimum atomic E-state index is -1.31. The fraction of sp³-hybridized carbons (Fsp3) is 0.133. The Hall–Kier alpha value is -1.94. The van der Waals surface area contributed by atoms with Crippen molar-refractivity contribution < 1.29 is 13.7 Å². The second-order valence-electron chi connectivity index (χ2n) is 3.96. The zero-order valence-electron chi connectivity index (χ0n) is 10.5. The number of ether oxygens (including phenoxy) is 1. The van der Waals surface area contributed by atoms with Crippen molar-refractivity contribution in [3.8, 4) is 5.75 Å². The molecular formula is C15H14O3S. The highest BCUT2D eigenvalue weighted by atomic mass is 32.2. The van der Waals surface area contributed by atoms with E-state index in [4.69, 9.17) is 4.74 Å². The van der Waals surface area contributed by atoms with Gasteiger partial charge in [-0.15, -0.1) is 0 Å². The molecule has 0 radical (unpaired) electrons. The number of benzene rings is 2. The quantitative estimate of drug-likeness (QED) is 0.787. The maximum atomic E-state index is 12.0. The van der Waals surface area contributed by atoms with E-state index in [1.807, 2.05) is 18.2 Å². The van der Waals surface area contributed by atoms with Crippen LogP contribution < -0.4 is 4.74 Å². The van der Waals surface area contributed by atoms with E-state index >= 15 is 0 Å². The molecule has 0 amide bonds. The molecule has 0 fully saturated rings. The zero-order chi connectivity index (χ0) is 13.7. The van der Waals surface area contributed by atoms with Gasteiger partial charge in [0, 0.05) is 10.5 Å². The van der Waals surface area contributed by atoms with Crippen LogP contribution >= 0.6 is 0 Å². The third kappa shape index (κ3) is 3.51. The number of methoxy groups -OCH3 is 1. The van der Waals surface area contributed by atoms with Gasteiger partial charge in [0.05, 0.1) is 23.7 Å². The molecule has 0 spiro atoms. The first-order chi connectivity index (χ1) is 9.20. The van der Waals surface area contributed by atoms with E-state index in [2.05, 4.69) is 0 Å². The van der Waals surface area contributed by atoms with Gasteiger partial charge in [0.15, 0.2) is 5.78 Å². The van der Waals surface area contributed by atoms with Gasteiger partial charge >= 0.3 is 0 Å². The first-order valence-electron chi connectivity index (χ1n) is 5.81. The van der Waals surface area contributed by atoms with E-state index in [1.165, 1.54) is 0 Å². The number of carbonyl (C=O) groups excluding carboxylic acids is 1. The van der Waals surface area contributed by atoms with Gasteiger partial charge in [0.2, 0.25) is 0 Å². The molecule has 0 heterocycles. The van der Waals surface area contributed by atoms with Crippen LogP contribution in [0.15, 0.2) is 59.5 Å². The summed E-state index contributed by atoms with van der Waals surface area (Å²) in [4.78, 5) is 12.7. The summed E-state index contributed by atoms with van der Waals surface area (Å²) in [6.07, 6.45) is 0. The number of ketones is 1. The molecule has 0 aliphatic carbocycles. The van der Waals surface area contributed by atoms with E-state index in [1.54, 1.807) is 43.5 Å². The molecule has 2 rings (SSSR count). The third-order valence-electron chi connectivity index (χ3n) is 2.66. The van der Waals surface area contributed by atoms with Crippen molar-refractivity contribution in [1.82, 2.24) is 0 Å². The molecule has 19 heavy (non-hydrogen) atoms. The molecule has 98 valence electrons. The maximum absolute atomic E-state index is 12.0. The van der Waals surface area contributed by atoms with E-state index in [0.717, 1.165) is 0 Å². The molecule has 0 saturated heterocycles. The smallest absolute Gasteiger partial charge is 0.175 e. The van der Waals surface area contributed by atoms with E-state index in [9.17, 15) is 9.00 Å². The number of hydrogen-bond acceptors (Lipinski definition) is 3. The molecule has 0 saturated carbocycles. The lowest BCUT2D eigenvalue weighted by Gasteiger charge is -2.04. The molecule has 1 unspecified atom stereocenters. The number of Topliss-reactive ketones (excluding diaryl/α,β-unsaturated/α-hetero) is 1. The van der Waals surface area contributed by atoms with Crippen LogP contribution in [0.5, 0.6) is 5.75 Å². The van der Waals surface area contributed by atoms with Crippen LogP contribution in [0.2, 0.25) is 0 Å². The highest BCUT2D eigenvalue weighted by Crippen LogP contribution is 2.14. The predicted molar refractivity (Wildman–Crippen MR) is 75.0 cm³/mol. The Morgan fingerprint density at radius 3 is 2.53 bits per heavy atom. The summed E-state index contributed by atoms with van der Waals surface area (Å²) in [5, 5.41) is 0. The lowest BCUT2D eigenvalue weighted by atomic mass is 10.1. The molecule has 3 nitrogen and oxygen atoms in total. The van der Waals surface area contributed by atoms with Crippen LogP contribution in [0, 0.1) is 0 Å². The van der Waals surface area contributed by atoms with Crippen LogP contribution in [0.3, 0.4) is 0 Å². The molecule has 2 aromatic carbocycles. The summed E-state index contributed by atoms with van der Waals surface area (Å²) in [5.74, 6) is 0.453. The van der Waals surface area contributed by atoms with Crippen molar-refractivity contribution in [3.05, 3.63) is 60.2 Å². The fourth-order valence-corrected chi connectivity index (χ4v) is 2.69. The first kappa shape index (κ1) is 13.5. The van der Waals surface area contributed by atoms with Crippen LogP contribution in [0.25, 0.3) is 0 Å². The van der Waals surface area contributed by atoms with Crippen molar-refractivity contribution >= 4 is 16.6 Å². The number of rotatable bonds is 5. The van der Waals surface area contributed by atoms with Crippen molar-refractivity contribution in [3.63, 3.8) is 0 Å². The second kappa shape index (κ2) is 6.29. The standard InChI is InChI=1S/C15H14O3S/c1-18-13-7-5-6-12(10-13)15(16)11-19(17)14-8-3-2-4-9-14/h2-10H,11H2,1H3. The van der Waals surface area contributed by atoms with Gasteiger partial charge in [-0.05, 0) is 24.3 Å². The molecule has 0 bridgehead atoms. The maximum Gasteiger partial charge on any atom is 0.175 e. The third-order valence-corrected chi connectivity index (χ3v) is 3.98. The van der Waals surface area contributed by atoms with Crippen molar-refractivity contribution in [2.45, 2.75) is 4.90 Å². The first-order valence-corrected chi connectivity index (χ1v) is 7.13. The van der Waals surface area contributed by atoms with Gasteiger partial charge in [-0.1, -0.05) is 30.3 Å². The normalized spacial score (nSPS) is 11.8. The van der Waals surface area contributed by atoms with Gasteiger partial charge < -0.3 is 4.74 Å². The topological polar surface area (TPSA) is 43.4 Å². The summed E-state index contributed by atoms with van der Waals surface area (Å²) in [6.45, 7) is 0. The minimum Gasteiger partial charge on any atom is -0.497 e. The SMILES string of the molecule is COc1cccc(C(=O)CS(=O)c2ccccc2)c1. The molecule has 0 aliphatic rings. The predicted octanol–water partition coefficient (Wildman–Crippen LogP) is 2.69. The lowest BCUT2D eigenvalue weighted by Crippen LogP contribution is -2.11. The van der Waals surface area contributed by atoms with Crippen LogP contribution in [0.1, 0.15) is 10.4 Å². The highest BCUT2D eigenvalue weighted by molar-refractivity contribution is 7.85. The Morgan fingerprint density at radius 1 is 1.11 bits per heavy atom. The summed E-state index contributed by atoms with van der Waals surface area (Å²) >= 11 is 0. The highest BCUT2D eigenvalue weighted by Gasteiger charge is 2.12. The molecule has 0 N–H and O–H groups in total. The average Bonchev–Trinajstić information content (AvgIpc) is 2.48. The van der Waals surface area contributed by atoms with Crippen molar-refractivity contribution in [1.29, 1.82) is 0 Å². The van der Waals surface area contributed by atoms with E-state index < -0.39 is 10.8 Å². The molecule has 1 atom stereocenters. The van der Waals surface area contributed by atoms with Crippen LogP contribution in [-0.2, 0) is 10.8 Å². The summed E-state index contributed by atoms with van der Waals surface area (Å²) in [5.41, 5.74) is 0.517. The van der Waals surface area contributed by atoms with Gasteiger partial charge in [0.1, 0.15) is 5.75 Å². The molecule has 0 aliphatic heterocycles. The zero-order valence-corrected chi connectivity index (χ0v) is 11.4. The summed E-state index contributed by atoms with van der Waals surface area (Å²) in [6, 6.07) is 15.9. The second-order valence-corrected chi connectivity index (χ2v) is 5.41. The van der Waals surface area contributed by atoms with Crippen molar-refractivity contribution in [2.75, 3.05) is 12.9 Å². The van der Waals surface area contributed by atoms with Gasteiger partial charge in [-0.3, -0.25) is 9.00 Å². The van der Waals surface area contributed by atoms with Crippen LogP contribution in [-0.4, -0.2) is 22.9 Å². The summed E-state index contributed by atoms with van der Waals surface area (Å²) < 4.78 is 17.1. The van der Waals surface area contributed by atoms with Gasteiger partial charge in [0.25, 0.3) is 0 Å². The molecule has 2 aromatic rings. The molecular weight excluding hydrogens is 260 g/mol. The van der Waals surface area contributed by atoms with Crippen molar-refractivity contribution in [2.24, 2.45) is 0 Å².